The third-order valence-corrected chi connectivity index (χ3v) is 4.28. The molecular formula is C17H20BrNO. The second kappa shape index (κ2) is 6.59. The highest BCUT2D eigenvalue weighted by Gasteiger charge is 2.22. The predicted octanol–water partition coefficient (Wildman–Crippen LogP) is 4.20. The minimum Gasteiger partial charge on any atom is -0.472 e. The van der Waals surface area contributed by atoms with Crippen LogP contribution in [0.3, 0.4) is 0 Å². The number of nitrogens with one attached hydrogen (secondary N) is 1. The Morgan fingerprint density at radius 1 is 1.20 bits per heavy atom. The summed E-state index contributed by atoms with van der Waals surface area (Å²) in [5.41, 5.74) is 2.69. The van der Waals surface area contributed by atoms with Crippen LogP contribution in [0, 0.1) is 5.92 Å². The van der Waals surface area contributed by atoms with Gasteiger partial charge in [0, 0.05) is 10.5 Å². The lowest BCUT2D eigenvalue weighted by atomic mass is 9.93. The first-order chi connectivity index (χ1) is 9.79. The van der Waals surface area contributed by atoms with Crippen LogP contribution in [0.4, 0.5) is 0 Å². The van der Waals surface area contributed by atoms with E-state index in [2.05, 4.69) is 51.6 Å². The minimum atomic E-state index is 0.613. The zero-order chi connectivity index (χ0) is 13.8. The third-order valence-electron chi connectivity index (χ3n) is 3.79. The highest BCUT2D eigenvalue weighted by atomic mass is 79.9. The maximum absolute atomic E-state index is 5.19. The second-order valence-corrected chi connectivity index (χ2v) is 6.63. The molecule has 0 amide bonds. The van der Waals surface area contributed by atoms with Crippen molar-refractivity contribution in [3.63, 3.8) is 0 Å². The Labute approximate surface area is 128 Å². The van der Waals surface area contributed by atoms with E-state index in [0.717, 1.165) is 29.9 Å². The van der Waals surface area contributed by atoms with E-state index in [0.29, 0.717) is 5.92 Å². The van der Waals surface area contributed by atoms with Crippen molar-refractivity contribution in [3.8, 4) is 0 Å². The molecule has 1 aliphatic rings. The lowest BCUT2D eigenvalue weighted by Crippen LogP contribution is -2.27. The molecule has 0 aliphatic heterocycles. The van der Waals surface area contributed by atoms with Crippen molar-refractivity contribution in [1.82, 2.24) is 5.32 Å². The lowest BCUT2D eigenvalue weighted by molar-refractivity contribution is 0.465. The minimum absolute atomic E-state index is 0.613. The average molecular weight is 334 g/mol. The van der Waals surface area contributed by atoms with Gasteiger partial charge < -0.3 is 9.73 Å². The van der Waals surface area contributed by atoms with Crippen LogP contribution in [0.2, 0.25) is 0 Å². The van der Waals surface area contributed by atoms with Crippen LogP contribution in [-0.2, 0) is 12.8 Å². The summed E-state index contributed by atoms with van der Waals surface area (Å²) in [5.74, 6) is 0.613. The monoisotopic (exact) mass is 333 g/mol. The molecule has 1 N–H and O–H groups in total. The predicted molar refractivity (Wildman–Crippen MR) is 84.8 cm³/mol. The molecule has 1 heterocycles. The smallest absolute Gasteiger partial charge is 0.0934 e. The summed E-state index contributed by atoms with van der Waals surface area (Å²) in [6.07, 6.45) is 8.49. The topological polar surface area (TPSA) is 25.2 Å². The molecular weight excluding hydrogens is 314 g/mol. The Morgan fingerprint density at radius 3 is 2.75 bits per heavy atom. The summed E-state index contributed by atoms with van der Waals surface area (Å²) < 4.78 is 6.35. The van der Waals surface area contributed by atoms with E-state index in [-0.39, 0.29) is 0 Å². The van der Waals surface area contributed by atoms with Gasteiger partial charge in [-0.05, 0) is 67.5 Å². The molecule has 0 radical (unpaired) electrons. The van der Waals surface area contributed by atoms with Crippen molar-refractivity contribution in [3.05, 3.63) is 58.5 Å². The molecule has 3 rings (SSSR count). The third kappa shape index (κ3) is 4.22. The van der Waals surface area contributed by atoms with Crippen molar-refractivity contribution >= 4 is 15.9 Å². The Bertz CT molecular complexity index is 534. The maximum atomic E-state index is 5.19. The summed E-state index contributed by atoms with van der Waals surface area (Å²) in [6, 6.07) is 11.5. The molecule has 20 heavy (non-hydrogen) atoms. The molecule has 0 saturated heterocycles. The Hall–Kier alpha value is -1.06. The molecule has 1 unspecified atom stereocenters. The van der Waals surface area contributed by atoms with E-state index in [9.17, 15) is 0 Å². The Kier molecular flexibility index (Phi) is 4.58. The molecule has 1 aromatic heterocycles. The lowest BCUT2D eigenvalue weighted by Gasteiger charge is -2.17. The fourth-order valence-electron chi connectivity index (χ4n) is 2.58. The van der Waals surface area contributed by atoms with Crippen LogP contribution in [0.5, 0.6) is 0 Å². The van der Waals surface area contributed by atoms with Crippen molar-refractivity contribution in [2.45, 2.75) is 31.7 Å². The second-order valence-electron chi connectivity index (χ2n) is 5.72. The normalized spacial score (nSPS) is 16.2. The highest BCUT2D eigenvalue weighted by molar-refractivity contribution is 9.10. The van der Waals surface area contributed by atoms with E-state index in [1.54, 1.807) is 6.26 Å². The first-order valence-electron chi connectivity index (χ1n) is 7.28. The van der Waals surface area contributed by atoms with E-state index >= 15 is 0 Å². The van der Waals surface area contributed by atoms with Gasteiger partial charge in [0.15, 0.2) is 0 Å². The summed E-state index contributed by atoms with van der Waals surface area (Å²) in [4.78, 5) is 0. The van der Waals surface area contributed by atoms with Gasteiger partial charge in [-0.25, -0.2) is 0 Å². The average Bonchev–Trinajstić information content (AvgIpc) is 3.12. The van der Waals surface area contributed by atoms with Gasteiger partial charge >= 0.3 is 0 Å². The van der Waals surface area contributed by atoms with Gasteiger partial charge in [-0.15, -0.1) is 0 Å². The Balaban J connectivity index is 1.63. The van der Waals surface area contributed by atoms with Crippen LogP contribution in [-0.4, -0.2) is 12.6 Å². The molecule has 1 fully saturated rings. The molecule has 2 aromatic rings. The maximum Gasteiger partial charge on any atom is 0.0934 e. The van der Waals surface area contributed by atoms with Crippen LogP contribution >= 0.6 is 15.9 Å². The van der Waals surface area contributed by atoms with Gasteiger partial charge in [0.2, 0.25) is 0 Å². The first kappa shape index (κ1) is 13.9. The number of rotatable bonds is 7. The fraction of sp³-hybridized carbons (Fsp3) is 0.412. The van der Waals surface area contributed by atoms with Gasteiger partial charge in [0.25, 0.3) is 0 Å². The molecule has 1 saturated carbocycles. The SMILES string of the molecule is Brc1cccc(CC(CNC2CC2)Cc2ccoc2)c1. The van der Waals surface area contributed by atoms with Gasteiger partial charge in [0.05, 0.1) is 12.5 Å². The molecule has 1 aromatic carbocycles. The van der Waals surface area contributed by atoms with Crippen LogP contribution in [0.25, 0.3) is 0 Å². The van der Waals surface area contributed by atoms with Crippen molar-refractivity contribution in [1.29, 1.82) is 0 Å². The van der Waals surface area contributed by atoms with Gasteiger partial charge in [0.1, 0.15) is 0 Å². The Morgan fingerprint density at radius 2 is 2.05 bits per heavy atom. The molecule has 3 heteroatoms. The number of hydrogen-bond acceptors (Lipinski definition) is 2. The zero-order valence-corrected chi connectivity index (χ0v) is 13.1. The highest BCUT2D eigenvalue weighted by Crippen LogP contribution is 2.22. The van der Waals surface area contributed by atoms with Crippen molar-refractivity contribution in [2.75, 3.05) is 6.54 Å². The van der Waals surface area contributed by atoms with Gasteiger partial charge in [-0.1, -0.05) is 28.1 Å². The summed E-state index contributed by atoms with van der Waals surface area (Å²) in [6.45, 7) is 1.09. The first-order valence-corrected chi connectivity index (χ1v) is 8.08. The number of furan rings is 1. The van der Waals surface area contributed by atoms with Gasteiger partial charge in [-0.3, -0.25) is 0 Å². The number of hydrogen-bond donors (Lipinski definition) is 1. The van der Waals surface area contributed by atoms with Gasteiger partial charge in [-0.2, -0.15) is 0 Å². The summed E-state index contributed by atoms with van der Waals surface area (Å²) in [7, 11) is 0. The zero-order valence-electron chi connectivity index (χ0n) is 11.5. The van der Waals surface area contributed by atoms with Crippen LogP contribution in [0.1, 0.15) is 24.0 Å². The standard InChI is InChI=1S/C17H20BrNO/c18-16-3-1-2-13(10-16)8-15(11-19-17-4-5-17)9-14-6-7-20-12-14/h1-3,6-7,10,12,15,17,19H,4-5,8-9,11H2. The number of benzene rings is 1. The van der Waals surface area contributed by atoms with E-state index in [1.165, 1.54) is 24.0 Å². The molecule has 1 atom stereocenters. The molecule has 1 aliphatic carbocycles. The molecule has 0 bridgehead atoms. The molecule has 0 spiro atoms. The van der Waals surface area contributed by atoms with Crippen LogP contribution < -0.4 is 5.32 Å². The molecule has 106 valence electrons. The quantitative estimate of drug-likeness (QED) is 0.821. The summed E-state index contributed by atoms with van der Waals surface area (Å²) in [5, 5.41) is 3.66. The summed E-state index contributed by atoms with van der Waals surface area (Å²) >= 11 is 3.55. The largest absolute Gasteiger partial charge is 0.472 e. The van der Waals surface area contributed by atoms with E-state index < -0.39 is 0 Å². The van der Waals surface area contributed by atoms with Crippen molar-refractivity contribution < 1.29 is 4.42 Å². The molecule has 2 nitrogen and oxygen atoms in total. The van der Waals surface area contributed by atoms with Crippen LogP contribution in [0.15, 0.2) is 51.7 Å². The van der Waals surface area contributed by atoms with E-state index in [4.69, 9.17) is 4.42 Å². The fourth-order valence-corrected chi connectivity index (χ4v) is 3.02. The van der Waals surface area contributed by atoms with E-state index in [1.807, 2.05) is 6.26 Å². The number of halogens is 1. The van der Waals surface area contributed by atoms with Crippen molar-refractivity contribution in [2.24, 2.45) is 5.92 Å².